The number of rotatable bonds is 8. The molecule has 0 bridgehead atoms. The summed E-state index contributed by atoms with van der Waals surface area (Å²) in [5.74, 6) is -0.831. The number of alkyl halides is 2. The first-order valence-corrected chi connectivity index (χ1v) is 9.86. The van der Waals surface area contributed by atoms with E-state index in [0.29, 0.717) is 11.3 Å². The maximum absolute atomic E-state index is 15.0. The molecule has 0 aromatic heterocycles. The molecule has 0 unspecified atom stereocenters. The third-order valence-corrected chi connectivity index (χ3v) is 5.14. The number of ether oxygens (including phenoxy) is 3. The van der Waals surface area contributed by atoms with Crippen molar-refractivity contribution in [1.29, 1.82) is 0 Å². The molecule has 0 aliphatic carbocycles. The van der Waals surface area contributed by atoms with Crippen molar-refractivity contribution >= 4 is 5.97 Å². The molecule has 0 N–H and O–H groups in total. The standard InChI is InChI=1S/C25H23F3O4/c1-24(2,19-12-10-18(11-13-19)23(29)30-3)25(27,28)31-16-17-9-14-21(26)22(15-17)32-20-7-5-4-6-8-20/h4-15H,16H2,1-3H3. The second-order valence-electron chi connectivity index (χ2n) is 7.68. The molecule has 0 amide bonds. The lowest BCUT2D eigenvalue weighted by Gasteiger charge is -2.34. The fraction of sp³-hybridized carbons (Fsp3) is 0.240. The largest absolute Gasteiger partial charge is 0.465 e. The summed E-state index contributed by atoms with van der Waals surface area (Å²) < 4.78 is 59.2. The van der Waals surface area contributed by atoms with Crippen LogP contribution in [0.1, 0.15) is 35.3 Å². The van der Waals surface area contributed by atoms with Crippen molar-refractivity contribution in [2.75, 3.05) is 7.11 Å². The van der Waals surface area contributed by atoms with Gasteiger partial charge in [0.15, 0.2) is 11.6 Å². The Bertz CT molecular complexity index is 1060. The lowest BCUT2D eigenvalue weighted by molar-refractivity contribution is -0.282. The monoisotopic (exact) mass is 444 g/mol. The highest BCUT2D eigenvalue weighted by Crippen LogP contribution is 2.41. The molecule has 0 spiro atoms. The summed E-state index contributed by atoms with van der Waals surface area (Å²) in [4.78, 5) is 11.6. The summed E-state index contributed by atoms with van der Waals surface area (Å²) in [7, 11) is 1.24. The number of benzene rings is 3. The van der Waals surface area contributed by atoms with Crippen molar-refractivity contribution in [3.05, 3.63) is 95.3 Å². The topological polar surface area (TPSA) is 44.8 Å². The SMILES string of the molecule is COC(=O)c1ccc(C(C)(C)C(F)(F)OCc2ccc(F)c(Oc3ccccc3)c2)cc1. The Kier molecular flexibility index (Phi) is 6.89. The first-order chi connectivity index (χ1) is 15.1. The fourth-order valence-corrected chi connectivity index (χ4v) is 2.99. The normalized spacial score (nSPS) is 11.8. The summed E-state index contributed by atoms with van der Waals surface area (Å²) >= 11 is 0. The van der Waals surface area contributed by atoms with Crippen molar-refractivity contribution in [3.8, 4) is 11.5 Å². The van der Waals surface area contributed by atoms with Crippen LogP contribution in [0.4, 0.5) is 13.2 Å². The molecule has 0 saturated carbocycles. The van der Waals surface area contributed by atoms with Gasteiger partial charge in [-0.1, -0.05) is 36.4 Å². The van der Waals surface area contributed by atoms with Gasteiger partial charge in [-0.05, 0) is 61.4 Å². The molecule has 4 nitrogen and oxygen atoms in total. The van der Waals surface area contributed by atoms with Crippen molar-refractivity contribution in [2.24, 2.45) is 0 Å². The van der Waals surface area contributed by atoms with Gasteiger partial charge in [0.25, 0.3) is 0 Å². The van der Waals surface area contributed by atoms with Gasteiger partial charge in [0, 0.05) is 0 Å². The molecule has 3 aromatic rings. The fourth-order valence-electron chi connectivity index (χ4n) is 2.99. The van der Waals surface area contributed by atoms with Crippen LogP contribution in [-0.2, 0) is 21.5 Å². The number of esters is 1. The Morgan fingerprint density at radius 1 is 0.938 bits per heavy atom. The minimum atomic E-state index is -3.56. The van der Waals surface area contributed by atoms with Gasteiger partial charge in [0.2, 0.25) is 0 Å². The molecule has 7 heteroatoms. The summed E-state index contributed by atoms with van der Waals surface area (Å²) in [6.07, 6.45) is -3.56. The predicted molar refractivity (Wildman–Crippen MR) is 113 cm³/mol. The van der Waals surface area contributed by atoms with Crippen LogP contribution in [-0.4, -0.2) is 19.2 Å². The Morgan fingerprint density at radius 3 is 2.22 bits per heavy atom. The Morgan fingerprint density at radius 2 is 1.59 bits per heavy atom. The number of hydrogen-bond acceptors (Lipinski definition) is 4. The van der Waals surface area contributed by atoms with E-state index in [2.05, 4.69) is 4.74 Å². The van der Waals surface area contributed by atoms with Gasteiger partial charge in [0.1, 0.15) is 5.75 Å². The zero-order chi connectivity index (χ0) is 23.4. The highest BCUT2D eigenvalue weighted by Gasteiger charge is 2.49. The van der Waals surface area contributed by atoms with Crippen LogP contribution in [0.5, 0.6) is 11.5 Å². The van der Waals surface area contributed by atoms with Crippen LogP contribution in [0, 0.1) is 5.82 Å². The molecule has 0 aliphatic heterocycles. The second kappa shape index (κ2) is 9.44. The smallest absolute Gasteiger partial charge is 0.365 e. The quantitative estimate of drug-likeness (QED) is 0.373. The van der Waals surface area contributed by atoms with E-state index in [1.54, 1.807) is 30.3 Å². The molecule has 3 aromatic carbocycles. The summed E-state index contributed by atoms with van der Waals surface area (Å²) in [6.45, 7) is 2.23. The minimum Gasteiger partial charge on any atom is -0.465 e. The van der Waals surface area contributed by atoms with Gasteiger partial charge in [-0.3, -0.25) is 0 Å². The van der Waals surface area contributed by atoms with Crippen LogP contribution in [0.25, 0.3) is 0 Å². The van der Waals surface area contributed by atoms with E-state index >= 15 is 8.78 Å². The van der Waals surface area contributed by atoms with Crippen LogP contribution in [0.15, 0.2) is 72.8 Å². The van der Waals surface area contributed by atoms with Crippen molar-refractivity contribution < 1.29 is 32.2 Å². The molecule has 0 fully saturated rings. The van der Waals surface area contributed by atoms with E-state index in [1.807, 2.05) is 0 Å². The third kappa shape index (κ3) is 5.11. The van der Waals surface area contributed by atoms with Gasteiger partial charge in [-0.2, -0.15) is 8.78 Å². The predicted octanol–water partition coefficient (Wildman–Crippen LogP) is 6.49. The zero-order valence-electron chi connectivity index (χ0n) is 17.9. The van der Waals surface area contributed by atoms with Gasteiger partial charge in [-0.25, -0.2) is 9.18 Å². The molecule has 0 aliphatic rings. The molecule has 0 heterocycles. The molecule has 0 saturated heterocycles. The Labute approximate surface area is 184 Å². The lowest BCUT2D eigenvalue weighted by atomic mass is 9.83. The number of methoxy groups -OCH3 is 1. The number of hydrogen-bond donors (Lipinski definition) is 0. The molecule has 0 atom stereocenters. The Balaban J connectivity index is 1.73. The Hall–Kier alpha value is -3.32. The van der Waals surface area contributed by atoms with E-state index in [1.165, 1.54) is 57.4 Å². The van der Waals surface area contributed by atoms with Crippen molar-refractivity contribution in [1.82, 2.24) is 0 Å². The lowest BCUT2D eigenvalue weighted by Crippen LogP contribution is -2.42. The average molecular weight is 444 g/mol. The minimum absolute atomic E-state index is 0.0849. The molecular formula is C25H23F3O4. The number of halogens is 3. The first kappa shape index (κ1) is 23.3. The van der Waals surface area contributed by atoms with Crippen molar-refractivity contribution in [3.63, 3.8) is 0 Å². The summed E-state index contributed by atoms with van der Waals surface area (Å²) in [5, 5.41) is 0. The maximum atomic E-state index is 15.0. The molecule has 0 radical (unpaired) electrons. The van der Waals surface area contributed by atoms with E-state index in [4.69, 9.17) is 9.47 Å². The van der Waals surface area contributed by atoms with Crippen LogP contribution in [0.3, 0.4) is 0 Å². The van der Waals surface area contributed by atoms with Gasteiger partial charge >= 0.3 is 12.1 Å². The number of carbonyl (C=O) groups is 1. The van der Waals surface area contributed by atoms with Crippen molar-refractivity contribution in [2.45, 2.75) is 32.0 Å². The van der Waals surface area contributed by atoms with Crippen LogP contribution < -0.4 is 4.74 Å². The van der Waals surface area contributed by atoms with Crippen LogP contribution in [0.2, 0.25) is 0 Å². The van der Waals surface area contributed by atoms with E-state index < -0.39 is 29.9 Å². The zero-order valence-corrected chi connectivity index (χ0v) is 17.9. The highest BCUT2D eigenvalue weighted by molar-refractivity contribution is 5.89. The van der Waals surface area contributed by atoms with Gasteiger partial charge < -0.3 is 14.2 Å². The van der Waals surface area contributed by atoms with E-state index in [9.17, 15) is 9.18 Å². The van der Waals surface area contributed by atoms with E-state index in [-0.39, 0.29) is 16.9 Å². The second-order valence-corrected chi connectivity index (χ2v) is 7.68. The molecular weight excluding hydrogens is 421 g/mol. The van der Waals surface area contributed by atoms with E-state index in [0.717, 1.165) is 6.07 Å². The first-order valence-electron chi connectivity index (χ1n) is 9.86. The third-order valence-electron chi connectivity index (χ3n) is 5.14. The molecule has 168 valence electrons. The average Bonchev–Trinajstić information content (AvgIpc) is 2.79. The summed E-state index contributed by atoms with van der Waals surface area (Å²) in [5.41, 5.74) is -0.838. The number of carbonyl (C=O) groups excluding carboxylic acids is 1. The molecule has 3 rings (SSSR count). The highest BCUT2D eigenvalue weighted by atomic mass is 19.3. The van der Waals surface area contributed by atoms with Gasteiger partial charge in [-0.15, -0.1) is 0 Å². The van der Waals surface area contributed by atoms with Gasteiger partial charge in [0.05, 0.1) is 24.7 Å². The molecule has 32 heavy (non-hydrogen) atoms. The van der Waals surface area contributed by atoms with Crippen LogP contribution >= 0.6 is 0 Å². The summed E-state index contributed by atoms with van der Waals surface area (Å²) in [6, 6.07) is 18.1. The number of para-hydroxylation sites is 1. The maximum Gasteiger partial charge on any atom is 0.365 e.